The molecule has 3 aromatic rings. The fraction of sp³-hybridized carbons (Fsp3) is 0.200. The van der Waals surface area contributed by atoms with Crippen molar-refractivity contribution in [3.63, 3.8) is 0 Å². The lowest BCUT2D eigenvalue weighted by molar-refractivity contribution is 0.0896. The first-order valence-corrected chi connectivity index (χ1v) is 7.77. The van der Waals surface area contributed by atoms with E-state index in [1.54, 1.807) is 0 Å². The molecule has 2 aromatic carbocycles. The van der Waals surface area contributed by atoms with Crippen LogP contribution in [-0.4, -0.2) is 15.7 Å². The van der Waals surface area contributed by atoms with Gasteiger partial charge in [0.1, 0.15) is 0 Å². The van der Waals surface area contributed by atoms with Crippen molar-refractivity contribution in [1.82, 2.24) is 9.78 Å². The lowest BCUT2D eigenvalue weighted by atomic mass is 10.0. The van der Waals surface area contributed by atoms with Crippen molar-refractivity contribution in [2.75, 3.05) is 0 Å². The van der Waals surface area contributed by atoms with Gasteiger partial charge in [-0.1, -0.05) is 48.5 Å². The van der Waals surface area contributed by atoms with Gasteiger partial charge >= 0.3 is 0 Å². The zero-order valence-electron chi connectivity index (χ0n) is 13.5. The molecule has 3 heteroatoms. The number of nitrogens with zero attached hydrogens (tertiary/aromatic N) is 2. The Bertz CT molecular complexity index is 885. The van der Waals surface area contributed by atoms with Crippen LogP contribution in [0, 0.1) is 13.8 Å². The van der Waals surface area contributed by atoms with Gasteiger partial charge in [0.15, 0.2) is 0 Å². The van der Waals surface area contributed by atoms with Crippen LogP contribution in [0.1, 0.15) is 27.3 Å². The molecule has 0 aliphatic rings. The summed E-state index contributed by atoms with van der Waals surface area (Å²) >= 11 is 0. The van der Waals surface area contributed by atoms with Crippen LogP contribution in [0.2, 0.25) is 0 Å². The summed E-state index contributed by atoms with van der Waals surface area (Å²) in [5, 5.41) is 6.70. The molecule has 0 bridgehead atoms. The highest BCUT2D eigenvalue weighted by atomic mass is 16.2. The van der Waals surface area contributed by atoms with E-state index in [0.29, 0.717) is 6.42 Å². The molecule has 0 aliphatic heterocycles. The molecule has 0 N–H and O–H groups in total. The second kappa shape index (κ2) is 6.21. The van der Waals surface area contributed by atoms with E-state index >= 15 is 0 Å². The van der Waals surface area contributed by atoms with E-state index in [1.807, 2.05) is 44.2 Å². The molecule has 0 saturated heterocycles. The maximum atomic E-state index is 12.7. The monoisotopic (exact) mass is 304 g/mol. The van der Waals surface area contributed by atoms with Crippen LogP contribution >= 0.6 is 0 Å². The van der Waals surface area contributed by atoms with Gasteiger partial charge in [-0.3, -0.25) is 4.79 Å². The highest BCUT2D eigenvalue weighted by Gasteiger charge is 2.16. The number of aromatic nitrogens is 2. The van der Waals surface area contributed by atoms with Gasteiger partial charge in [0, 0.05) is 11.3 Å². The smallest absolute Gasteiger partial charge is 0.251 e. The number of benzene rings is 2. The van der Waals surface area contributed by atoms with Crippen LogP contribution in [-0.2, 0) is 12.8 Å². The first-order chi connectivity index (χ1) is 11.1. The molecule has 0 aliphatic carbocycles. The zero-order valence-corrected chi connectivity index (χ0v) is 13.5. The number of rotatable bonds is 4. The zero-order chi connectivity index (χ0) is 16.4. The first-order valence-electron chi connectivity index (χ1n) is 7.77. The van der Waals surface area contributed by atoms with Crippen LogP contribution in [0.3, 0.4) is 0 Å². The second-order valence-corrected chi connectivity index (χ2v) is 5.76. The molecule has 0 unspecified atom stereocenters. The molecule has 0 spiro atoms. The Balaban J connectivity index is 1.95. The molecule has 0 radical (unpaired) electrons. The Kier molecular flexibility index (Phi) is 4.11. The highest BCUT2D eigenvalue weighted by Crippen LogP contribution is 2.20. The van der Waals surface area contributed by atoms with Gasteiger partial charge in [0.2, 0.25) is 0 Å². The number of hydrogen-bond donors (Lipinski definition) is 0. The molecule has 3 nitrogen and oxygen atoms in total. The molecule has 23 heavy (non-hydrogen) atoms. The third-order valence-corrected chi connectivity index (χ3v) is 4.25. The fourth-order valence-corrected chi connectivity index (χ4v) is 3.04. The van der Waals surface area contributed by atoms with E-state index < -0.39 is 0 Å². The van der Waals surface area contributed by atoms with E-state index in [0.717, 1.165) is 39.7 Å². The van der Waals surface area contributed by atoms with Gasteiger partial charge in [0.25, 0.3) is 5.91 Å². The minimum atomic E-state index is -0.00253. The Hall–Kier alpha value is -2.68. The molecule has 1 heterocycles. The van der Waals surface area contributed by atoms with Gasteiger partial charge in [-0.25, -0.2) is 4.68 Å². The first kappa shape index (κ1) is 15.2. The summed E-state index contributed by atoms with van der Waals surface area (Å²) in [6.45, 7) is 7.65. The number of aryl methyl sites for hydroxylation is 1. The van der Waals surface area contributed by atoms with E-state index in [-0.39, 0.29) is 5.91 Å². The summed E-state index contributed by atoms with van der Waals surface area (Å²) in [6, 6.07) is 14.2. The third kappa shape index (κ3) is 2.82. The summed E-state index contributed by atoms with van der Waals surface area (Å²) in [5.74, 6) is -0.00253. The van der Waals surface area contributed by atoms with E-state index in [9.17, 15) is 4.79 Å². The number of hydrogen-bond acceptors (Lipinski definition) is 2. The van der Waals surface area contributed by atoms with Gasteiger partial charge < -0.3 is 0 Å². The second-order valence-electron chi connectivity index (χ2n) is 5.76. The number of allylic oxidation sites excluding steroid dienone is 1. The normalized spacial score (nSPS) is 10.9. The maximum absolute atomic E-state index is 12.7. The standard InChI is InChI=1S/C20H20N2O/c1-4-8-18-14(2)21-22(15(18)3)20(23)13-17-11-7-10-16-9-5-6-12-19(16)17/h4-7,9-12H,1,8,13H2,2-3H3. The quantitative estimate of drug-likeness (QED) is 0.675. The molecule has 3 rings (SSSR count). The summed E-state index contributed by atoms with van der Waals surface area (Å²) in [6.07, 6.45) is 2.92. The summed E-state index contributed by atoms with van der Waals surface area (Å²) < 4.78 is 1.54. The maximum Gasteiger partial charge on any atom is 0.251 e. The number of fused-ring (bicyclic) bond motifs is 1. The van der Waals surface area contributed by atoms with Crippen LogP contribution in [0.15, 0.2) is 55.1 Å². The van der Waals surface area contributed by atoms with Crippen molar-refractivity contribution in [3.8, 4) is 0 Å². The van der Waals surface area contributed by atoms with Crippen LogP contribution in [0.4, 0.5) is 0 Å². The van der Waals surface area contributed by atoms with Crippen molar-refractivity contribution in [1.29, 1.82) is 0 Å². The Morgan fingerprint density at radius 3 is 2.70 bits per heavy atom. The average Bonchev–Trinajstić information content (AvgIpc) is 2.84. The minimum Gasteiger partial charge on any atom is -0.272 e. The fourth-order valence-electron chi connectivity index (χ4n) is 3.04. The highest BCUT2D eigenvalue weighted by molar-refractivity contribution is 5.91. The lowest BCUT2D eigenvalue weighted by Crippen LogP contribution is -2.17. The third-order valence-electron chi connectivity index (χ3n) is 4.25. The largest absolute Gasteiger partial charge is 0.272 e. The van der Waals surface area contributed by atoms with E-state index in [2.05, 4.69) is 29.9 Å². The van der Waals surface area contributed by atoms with Gasteiger partial charge in [-0.15, -0.1) is 6.58 Å². The topological polar surface area (TPSA) is 34.9 Å². The molecular formula is C20H20N2O. The van der Waals surface area contributed by atoms with E-state index in [4.69, 9.17) is 0 Å². The van der Waals surface area contributed by atoms with Crippen LogP contribution in [0.25, 0.3) is 10.8 Å². The lowest BCUT2D eigenvalue weighted by Gasteiger charge is -2.07. The average molecular weight is 304 g/mol. The molecule has 0 fully saturated rings. The molecule has 1 aromatic heterocycles. The number of carbonyl (C=O) groups is 1. The summed E-state index contributed by atoms with van der Waals surface area (Å²) in [5.41, 5.74) is 3.93. The van der Waals surface area contributed by atoms with Gasteiger partial charge in [-0.2, -0.15) is 5.10 Å². The molecule has 116 valence electrons. The molecule has 0 atom stereocenters. The predicted octanol–water partition coefficient (Wildman–Crippen LogP) is 4.26. The molecular weight excluding hydrogens is 284 g/mol. The van der Waals surface area contributed by atoms with Crippen molar-refractivity contribution >= 4 is 16.7 Å². The molecule has 0 saturated carbocycles. The predicted molar refractivity (Wildman–Crippen MR) is 93.9 cm³/mol. The van der Waals surface area contributed by atoms with E-state index in [1.165, 1.54) is 4.68 Å². The Morgan fingerprint density at radius 1 is 1.17 bits per heavy atom. The van der Waals surface area contributed by atoms with Gasteiger partial charge in [-0.05, 0) is 36.6 Å². The Labute approximate surface area is 136 Å². The summed E-state index contributed by atoms with van der Waals surface area (Å²) in [7, 11) is 0. The van der Waals surface area contributed by atoms with Gasteiger partial charge in [0.05, 0.1) is 12.1 Å². The van der Waals surface area contributed by atoms with Crippen LogP contribution < -0.4 is 0 Å². The van der Waals surface area contributed by atoms with Crippen LogP contribution in [0.5, 0.6) is 0 Å². The van der Waals surface area contributed by atoms with Crippen molar-refractivity contribution < 1.29 is 4.79 Å². The Morgan fingerprint density at radius 2 is 1.91 bits per heavy atom. The SMILES string of the molecule is C=CCc1c(C)nn(C(=O)Cc2cccc3ccccc23)c1C. The van der Waals surface area contributed by atoms with Crippen molar-refractivity contribution in [3.05, 3.63) is 77.6 Å². The molecule has 0 amide bonds. The van der Waals surface area contributed by atoms with Crippen molar-refractivity contribution in [2.24, 2.45) is 0 Å². The minimum absolute atomic E-state index is 0.00253. The number of carbonyl (C=O) groups excluding carboxylic acids is 1. The summed E-state index contributed by atoms with van der Waals surface area (Å²) in [4.78, 5) is 12.7. The van der Waals surface area contributed by atoms with Crippen molar-refractivity contribution in [2.45, 2.75) is 26.7 Å².